The van der Waals surface area contributed by atoms with Gasteiger partial charge < -0.3 is 9.26 Å². The SMILES string of the molecule is CN(c1ccccc1)S(=O)(=O)c1ccc(C(=O)OCc2nc(-c3ccsc3)no2)cc1. The average molecular weight is 456 g/mol. The van der Waals surface area contributed by atoms with Crippen LogP contribution < -0.4 is 4.31 Å². The second-order valence-corrected chi connectivity index (χ2v) is 9.18. The highest BCUT2D eigenvalue weighted by atomic mass is 32.2. The smallest absolute Gasteiger partial charge is 0.338 e. The van der Waals surface area contributed by atoms with Crippen molar-refractivity contribution in [1.82, 2.24) is 10.1 Å². The Morgan fingerprint density at radius 2 is 1.84 bits per heavy atom. The Hall–Kier alpha value is -3.50. The van der Waals surface area contributed by atoms with E-state index in [4.69, 9.17) is 9.26 Å². The second-order valence-electron chi connectivity index (χ2n) is 6.43. The van der Waals surface area contributed by atoms with Crippen molar-refractivity contribution in [3.8, 4) is 11.4 Å². The largest absolute Gasteiger partial charge is 0.452 e. The summed E-state index contributed by atoms with van der Waals surface area (Å²) in [4.78, 5) is 16.5. The van der Waals surface area contributed by atoms with Crippen LogP contribution in [-0.4, -0.2) is 31.6 Å². The maximum atomic E-state index is 12.8. The Bertz CT molecular complexity index is 1270. The third kappa shape index (κ3) is 4.49. The first-order valence-corrected chi connectivity index (χ1v) is 11.5. The van der Waals surface area contributed by atoms with Gasteiger partial charge in [-0.15, -0.1) is 0 Å². The fourth-order valence-corrected chi connectivity index (χ4v) is 4.56. The molecule has 0 radical (unpaired) electrons. The van der Waals surface area contributed by atoms with E-state index in [1.165, 1.54) is 47.0 Å². The molecule has 0 aliphatic rings. The first kappa shape index (κ1) is 20.8. The Kier molecular flexibility index (Phi) is 5.83. The van der Waals surface area contributed by atoms with Gasteiger partial charge in [-0.25, -0.2) is 13.2 Å². The molecule has 0 spiro atoms. The highest BCUT2D eigenvalue weighted by Gasteiger charge is 2.22. The van der Waals surface area contributed by atoms with Crippen molar-refractivity contribution < 1.29 is 22.5 Å². The summed E-state index contributed by atoms with van der Waals surface area (Å²) in [5.41, 5.74) is 1.56. The van der Waals surface area contributed by atoms with Crippen molar-refractivity contribution in [3.05, 3.63) is 82.9 Å². The van der Waals surface area contributed by atoms with Gasteiger partial charge in [0.15, 0.2) is 6.61 Å². The molecule has 158 valence electrons. The number of thiophene rings is 1. The number of benzene rings is 2. The van der Waals surface area contributed by atoms with Gasteiger partial charge in [0.05, 0.1) is 16.1 Å². The first-order chi connectivity index (χ1) is 14.9. The van der Waals surface area contributed by atoms with Crippen LogP contribution >= 0.6 is 11.3 Å². The number of carbonyl (C=O) groups is 1. The number of hydrogen-bond donors (Lipinski definition) is 0. The van der Waals surface area contributed by atoms with E-state index in [0.717, 1.165) is 5.56 Å². The average Bonchev–Trinajstić information content (AvgIpc) is 3.49. The van der Waals surface area contributed by atoms with Crippen LogP contribution in [0.4, 0.5) is 5.69 Å². The lowest BCUT2D eigenvalue weighted by atomic mass is 10.2. The molecule has 0 saturated carbocycles. The van der Waals surface area contributed by atoms with Gasteiger partial charge in [-0.1, -0.05) is 23.4 Å². The molecule has 4 aromatic rings. The number of hydrogen-bond acceptors (Lipinski definition) is 8. The van der Waals surface area contributed by atoms with Gasteiger partial charge in [0.25, 0.3) is 15.9 Å². The number of anilines is 1. The molecule has 2 aromatic heterocycles. The molecule has 0 N–H and O–H groups in total. The number of esters is 1. The van der Waals surface area contributed by atoms with E-state index < -0.39 is 16.0 Å². The molecule has 0 bridgehead atoms. The highest BCUT2D eigenvalue weighted by molar-refractivity contribution is 7.92. The van der Waals surface area contributed by atoms with Gasteiger partial charge in [-0.3, -0.25) is 4.31 Å². The number of sulfonamides is 1. The third-order valence-corrected chi connectivity index (χ3v) is 6.93. The van der Waals surface area contributed by atoms with Gasteiger partial charge in [-0.05, 0) is 47.8 Å². The van der Waals surface area contributed by atoms with Gasteiger partial charge >= 0.3 is 5.97 Å². The van der Waals surface area contributed by atoms with E-state index in [1.807, 2.05) is 22.9 Å². The van der Waals surface area contributed by atoms with Crippen molar-refractivity contribution in [3.63, 3.8) is 0 Å². The summed E-state index contributed by atoms with van der Waals surface area (Å²) in [6.07, 6.45) is 0. The second kappa shape index (κ2) is 8.70. The Labute approximate surface area is 182 Å². The number of ether oxygens (including phenoxy) is 1. The minimum atomic E-state index is -3.76. The van der Waals surface area contributed by atoms with Crippen molar-refractivity contribution in [1.29, 1.82) is 0 Å². The van der Waals surface area contributed by atoms with Crippen molar-refractivity contribution in [2.24, 2.45) is 0 Å². The fourth-order valence-electron chi connectivity index (χ4n) is 2.73. The van der Waals surface area contributed by atoms with E-state index in [-0.39, 0.29) is 23.0 Å². The summed E-state index contributed by atoms with van der Waals surface area (Å²) in [7, 11) is -2.29. The molecule has 4 rings (SSSR count). The molecule has 2 aromatic carbocycles. The lowest BCUT2D eigenvalue weighted by Gasteiger charge is -2.19. The molecule has 0 aliphatic heterocycles. The number of carbonyl (C=O) groups excluding carboxylic acids is 1. The lowest BCUT2D eigenvalue weighted by molar-refractivity contribution is 0.0429. The summed E-state index contributed by atoms with van der Waals surface area (Å²) in [5.74, 6) is -0.0433. The number of para-hydroxylation sites is 1. The van der Waals surface area contributed by atoms with E-state index in [9.17, 15) is 13.2 Å². The third-order valence-electron chi connectivity index (χ3n) is 4.44. The van der Waals surface area contributed by atoms with E-state index in [2.05, 4.69) is 10.1 Å². The number of aromatic nitrogens is 2. The van der Waals surface area contributed by atoms with E-state index in [0.29, 0.717) is 11.5 Å². The van der Waals surface area contributed by atoms with E-state index in [1.54, 1.807) is 24.3 Å². The van der Waals surface area contributed by atoms with Crippen LogP contribution in [0.5, 0.6) is 0 Å². The van der Waals surface area contributed by atoms with Crippen molar-refractivity contribution in [2.45, 2.75) is 11.5 Å². The maximum Gasteiger partial charge on any atom is 0.338 e. The molecule has 0 fully saturated rings. The Balaban J connectivity index is 1.41. The monoisotopic (exact) mass is 455 g/mol. The van der Waals surface area contributed by atoms with E-state index >= 15 is 0 Å². The van der Waals surface area contributed by atoms with Crippen LogP contribution in [0, 0.1) is 0 Å². The zero-order valence-electron chi connectivity index (χ0n) is 16.3. The van der Waals surface area contributed by atoms with Crippen LogP contribution in [0.15, 0.2) is 80.8 Å². The fraction of sp³-hybridized carbons (Fsp3) is 0.0952. The molecule has 0 unspecified atom stereocenters. The molecule has 2 heterocycles. The number of rotatable bonds is 7. The number of nitrogens with zero attached hydrogens (tertiary/aromatic N) is 3. The molecular formula is C21H17N3O5S2. The van der Waals surface area contributed by atoms with Crippen molar-refractivity contribution in [2.75, 3.05) is 11.4 Å². The predicted molar refractivity (Wildman–Crippen MR) is 115 cm³/mol. The minimum absolute atomic E-state index is 0.0627. The van der Waals surface area contributed by atoms with Crippen LogP contribution in [0.25, 0.3) is 11.4 Å². The molecule has 10 heteroatoms. The lowest BCUT2D eigenvalue weighted by Crippen LogP contribution is -2.26. The quantitative estimate of drug-likeness (QED) is 0.388. The topological polar surface area (TPSA) is 103 Å². The Morgan fingerprint density at radius 3 is 2.52 bits per heavy atom. The summed E-state index contributed by atoms with van der Waals surface area (Å²) in [5, 5.41) is 7.62. The molecule has 8 nitrogen and oxygen atoms in total. The summed E-state index contributed by atoms with van der Waals surface area (Å²) in [6.45, 7) is -0.188. The van der Waals surface area contributed by atoms with Gasteiger partial charge in [-0.2, -0.15) is 16.3 Å². The van der Waals surface area contributed by atoms with Gasteiger partial charge in [0.1, 0.15) is 0 Å². The normalized spacial score (nSPS) is 11.3. The van der Waals surface area contributed by atoms with Crippen LogP contribution in [-0.2, 0) is 21.4 Å². The van der Waals surface area contributed by atoms with Crippen molar-refractivity contribution >= 4 is 33.0 Å². The van der Waals surface area contributed by atoms with Gasteiger partial charge in [0, 0.05) is 18.0 Å². The standard InChI is InChI=1S/C21H17N3O5S2/c1-24(17-5-3-2-4-6-17)31(26,27)18-9-7-15(8-10-18)21(25)28-13-19-22-20(23-29-19)16-11-12-30-14-16/h2-12,14H,13H2,1H3. The van der Waals surface area contributed by atoms with Crippen LogP contribution in [0.2, 0.25) is 0 Å². The first-order valence-electron chi connectivity index (χ1n) is 9.11. The Morgan fingerprint density at radius 1 is 1.10 bits per heavy atom. The van der Waals surface area contributed by atoms with Crippen LogP contribution in [0.3, 0.4) is 0 Å². The predicted octanol–water partition coefficient (Wildman–Crippen LogP) is 3.98. The maximum absolute atomic E-state index is 12.8. The molecule has 31 heavy (non-hydrogen) atoms. The summed E-state index contributed by atoms with van der Waals surface area (Å²) in [6, 6.07) is 16.1. The zero-order valence-corrected chi connectivity index (χ0v) is 18.0. The molecule has 0 saturated heterocycles. The summed E-state index contributed by atoms with van der Waals surface area (Å²) >= 11 is 1.51. The van der Waals surface area contributed by atoms with Gasteiger partial charge in [0.2, 0.25) is 5.82 Å². The van der Waals surface area contributed by atoms with Crippen LogP contribution in [0.1, 0.15) is 16.2 Å². The zero-order chi connectivity index (χ0) is 21.8. The molecule has 0 atom stereocenters. The molecule has 0 aliphatic carbocycles. The minimum Gasteiger partial charge on any atom is -0.452 e. The molecule has 0 amide bonds. The highest BCUT2D eigenvalue weighted by Crippen LogP contribution is 2.22. The summed E-state index contributed by atoms with van der Waals surface area (Å²) < 4.78 is 37.1. The molecular weight excluding hydrogens is 438 g/mol.